The summed E-state index contributed by atoms with van der Waals surface area (Å²) >= 11 is 0. The first kappa shape index (κ1) is 7.56. The average Bonchev–Trinajstić information content (AvgIpc) is 1.83. The van der Waals surface area contributed by atoms with E-state index in [1.54, 1.807) is 0 Å². The zero-order valence-corrected chi connectivity index (χ0v) is 7.34. The molecule has 2 rings (SSSR count). The SMILES string of the molecule is CC1CN(C2CCC2)CCN1. The molecule has 1 atom stereocenters. The number of nitrogens with zero attached hydrogens (tertiary/aromatic N) is 1. The third-order valence-corrected chi connectivity index (χ3v) is 2.99. The minimum Gasteiger partial charge on any atom is -0.312 e. The second-order valence-electron chi connectivity index (χ2n) is 3.93. The fourth-order valence-electron chi connectivity index (χ4n) is 2.05. The molecular formula is C9H18N2. The molecule has 11 heavy (non-hydrogen) atoms. The Hall–Kier alpha value is -0.0800. The molecule has 0 bridgehead atoms. The van der Waals surface area contributed by atoms with E-state index in [1.165, 1.54) is 38.9 Å². The molecular weight excluding hydrogens is 136 g/mol. The van der Waals surface area contributed by atoms with Crippen LogP contribution in [0.2, 0.25) is 0 Å². The van der Waals surface area contributed by atoms with Crippen LogP contribution in [0.15, 0.2) is 0 Å². The van der Waals surface area contributed by atoms with Crippen molar-refractivity contribution < 1.29 is 0 Å². The van der Waals surface area contributed by atoms with Crippen molar-refractivity contribution in [1.29, 1.82) is 0 Å². The zero-order chi connectivity index (χ0) is 7.68. The first-order chi connectivity index (χ1) is 5.36. The maximum atomic E-state index is 3.47. The zero-order valence-electron chi connectivity index (χ0n) is 7.34. The minimum absolute atomic E-state index is 0.712. The van der Waals surface area contributed by atoms with Gasteiger partial charge in [-0.3, -0.25) is 4.90 Å². The first-order valence-electron chi connectivity index (χ1n) is 4.83. The highest BCUT2D eigenvalue weighted by Crippen LogP contribution is 2.25. The van der Waals surface area contributed by atoms with E-state index in [0.717, 1.165) is 6.04 Å². The van der Waals surface area contributed by atoms with Crippen molar-refractivity contribution in [2.45, 2.75) is 38.3 Å². The van der Waals surface area contributed by atoms with Gasteiger partial charge in [-0.05, 0) is 19.8 Å². The molecule has 2 nitrogen and oxygen atoms in total. The van der Waals surface area contributed by atoms with Crippen molar-refractivity contribution in [3.05, 3.63) is 0 Å². The first-order valence-corrected chi connectivity index (χ1v) is 4.83. The maximum Gasteiger partial charge on any atom is 0.0167 e. The van der Waals surface area contributed by atoms with Gasteiger partial charge in [-0.15, -0.1) is 0 Å². The second kappa shape index (κ2) is 3.11. The van der Waals surface area contributed by atoms with Crippen LogP contribution in [0.5, 0.6) is 0 Å². The summed E-state index contributed by atoms with van der Waals surface area (Å²) in [5.74, 6) is 0. The largest absolute Gasteiger partial charge is 0.312 e. The Morgan fingerprint density at radius 2 is 2.18 bits per heavy atom. The third-order valence-electron chi connectivity index (χ3n) is 2.99. The van der Waals surface area contributed by atoms with E-state index in [1.807, 2.05) is 0 Å². The summed E-state index contributed by atoms with van der Waals surface area (Å²) in [6, 6.07) is 1.66. The Balaban J connectivity index is 1.82. The van der Waals surface area contributed by atoms with E-state index in [-0.39, 0.29) is 0 Å². The predicted octanol–water partition coefficient (Wildman–Crippen LogP) is 0.833. The van der Waals surface area contributed by atoms with Crippen LogP contribution in [0.1, 0.15) is 26.2 Å². The second-order valence-corrected chi connectivity index (χ2v) is 3.93. The monoisotopic (exact) mass is 154 g/mol. The molecule has 1 aliphatic carbocycles. The van der Waals surface area contributed by atoms with Gasteiger partial charge in [0.25, 0.3) is 0 Å². The van der Waals surface area contributed by atoms with Crippen LogP contribution in [0, 0.1) is 0 Å². The number of hydrogen-bond acceptors (Lipinski definition) is 2. The Morgan fingerprint density at radius 1 is 1.36 bits per heavy atom. The molecule has 1 aliphatic heterocycles. The summed E-state index contributed by atoms with van der Waals surface area (Å²) in [6.07, 6.45) is 4.36. The van der Waals surface area contributed by atoms with Gasteiger partial charge < -0.3 is 5.32 Å². The van der Waals surface area contributed by atoms with Gasteiger partial charge in [0.2, 0.25) is 0 Å². The molecule has 2 aliphatic rings. The van der Waals surface area contributed by atoms with Crippen molar-refractivity contribution in [3.8, 4) is 0 Å². The van der Waals surface area contributed by atoms with Crippen LogP contribution in [-0.2, 0) is 0 Å². The highest BCUT2D eigenvalue weighted by molar-refractivity contribution is 4.85. The molecule has 2 fully saturated rings. The lowest BCUT2D eigenvalue weighted by Crippen LogP contribution is -2.54. The van der Waals surface area contributed by atoms with E-state index in [0.29, 0.717) is 6.04 Å². The van der Waals surface area contributed by atoms with Crippen LogP contribution in [-0.4, -0.2) is 36.6 Å². The van der Waals surface area contributed by atoms with E-state index in [4.69, 9.17) is 0 Å². The molecule has 1 saturated carbocycles. The van der Waals surface area contributed by atoms with Crippen molar-refractivity contribution in [2.75, 3.05) is 19.6 Å². The minimum atomic E-state index is 0.712. The maximum absolute atomic E-state index is 3.47. The van der Waals surface area contributed by atoms with Crippen LogP contribution in [0.4, 0.5) is 0 Å². The van der Waals surface area contributed by atoms with Gasteiger partial charge in [0.15, 0.2) is 0 Å². The van der Waals surface area contributed by atoms with Gasteiger partial charge in [0.05, 0.1) is 0 Å². The number of nitrogens with one attached hydrogen (secondary N) is 1. The Morgan fingerprint density at radius 3 is 2.73 bits per heavy atom. The van der Waals surface area contributed by atoms with Gasteiger partial charge in [-0.25, -0.2) is 0 Å². The molecule has 1 heterocycles. The molecule has 0 spiro atoms. The van der Waals surface area contributed by atoms with E-state index >= 15 is 0 Å². The quantitative estimate of drug-likeness (QED) is 0.602. The normalized spacial score (nSPS) is 35.2. The summed E-state index contributed by atoms with van der Waals surface area (Å²) < 4.78 is 0. The summed E-state index contributed by atoms with van der Waals surface area (Å²) in [5.41, 5.74) is 0. The fraction of sp³-hybridized carbons (Fsp3) is 1.00. The van der Waals surface area contributed by atoms with Gasteiger partial charge in [-0.2, -0.15) is 0 Å². The van der Waals surface area contributed by atoms with Crippen LogP contribution in [0.25, 0.3) is 0 Å². The lowest BCUT2D eigenvalue weighted by atomic mass is 9.91. The molecule has 0 aromatic heterocycles. The van der Waals surface area contributed by atoms with Crippen molar-refractivity contribution in [1.82, 2.24) is 10.2 Å². The van der Waals surface area contributed by atoms with Gasteiger partial charge in [-0.1, -0.05) is 6.42 Å². The van der Waals surface area contributed by atoms with E-state index in [9.17, 15) is 0 Å². The molecule has 0 amide bonds. The Labute approximate surface area is 69.0 Å². The van der Waals surface area contributed by atoms with Gasteiger partial charge in [0, 0.05) is 31.7 Å². The van der Waals surface area contributed by atoms with Crippen LogP contribution >= 0.6 is 0 Å². The smallest absolute Gasteiger partial charge is 0.0167 e. The summed E-state index contributed by atoms with van der Waals surface area (Å²) in [7, 11) is 0. The lowest BCUT2D eigenvalue weighted by molar-refractivity contribution is 0.0956. The van der Waals surface area contributed by atoms with Crippen LogP contribution in [0.3, 0.4) is 0 Å². The van der Waals surface area contributed by atoms with Crippen molar-refractivity contribution in [3.63, 3.8) is 0 Å². The molecule has 1 saturated heterocycles. The average molecular weight is 154 g/mol. The topological polar surface area (TPSA) is 15.3 Å². The molecule has 1 unspecified atom stereocenters. The molecule has 0 aromatic rings. The predicted molar refractivity (Wildman–Crippen MR) is 46.7 cm³/mol. The fourth-order valence-corrected chi connectivity index (χ4v) is 2.05. The van der Waals surface area contributed by atoms with Gasteiger partial charge >= 0.3 is 0 Å². The van der Waals surface area contributed by atoms with Crippen molar-refractivity contribution >= 4 is 0 Å². The van der Waals surface area contributed by atoms with E-state index in [2.05, 4.69) is 17.1 Å². The standard InChI is InChI=1S/C9H18N2/c1-8-7-11(6-5-10-8)9-3-2-4-9/h8-10H,2-7H2,1H3. The van der Waals surface area contributed by atoms with E-state index < -0.39 is 0 Å². The van der Waals surface area contributed by atoms with Gasteiger partial charge in [0.1, 0.15) is 0 Å². The highest BCUT2D eigenvalue weighted by Gasteiger charge is 2.27. The molecule has 0 aromatic carbocycles. The third kappa shape index (κ3) is 1.57. The highest BCUT2D eigenvalue weighted by atomic mass is 15.2. The summed E-state index contributed by atoms with van der Waals surface area (Å²) in [6.45, 7) is 6.02. The Bertz CT molecular complexity index is 132. The Kier molecular flexibility index (Phi) is 2.14. The lowest BCUT2D eigenvalue weighted by Gasteiger charge is -2.42. The van der Waals surface area contributed by atoms with Crippen molar-refractivity contribution in [2.24, 2.45) is 0 Å². The summed E-state index contributed by atoms with van der Waals surface area (Å²) in [4.78, 5) is 2.66. The number of rotatable bonds is 1. The number of piperazine rings is 1. The molecule has 64 valence electrons. The summed E-state index contributed by atoms with van der Waals surface area (Å²) in [5, 5.41) is 3.47. The number of hydrogen-bond donors (Lipinski definition) is 1. The van der Waals surface area contributed by atoms with Crippen LogP contribution < -0.4 is 5.32 Å². The molecule has 1 N–H and O–H groups in total. The molecule has 0 radical (unpaired) electrons. The molecule has 2 heteroatoms.